The van der Waals surface area contributed by atoms with E-state index in [1.165, 1.54) is 0 Å². The fourth-order valence-corrected chi connectivity index (χ4v) is 3.03. The second-order valence-electron chi connectivity index (χ2n) is 6.78. The molecule has 0 aliphatic heterocycles. The molecule has 0 aliphatic carbocycles. The van der Waals surface area contributed by atoms with Crippen molar-refractivity contribution in [1.29, 1.82) is 0 Å². The number of methoxy groups -OCH3 is 2. The fourth-order valence-electron chi connectivity index (χ4n) is 3.03. The van der Waals surface area contributed by atoms with E-state index in [9.17, 15) is 0 Å². The van der Waals surface area contributed by atoms with Crippen LogP contribution in [0.1, 0.15) is 25.0 Å². The quantitative estimate of drug-likeness (QED) is 0.409. The number of hydrogen-bond acceptors (Lipinski definition) is 5. The first-order valence-electron chi connectivity index (χ1n) is 10.3. The zero-order valence-electron chi connectivity index (χ0n) is 18.5. The molecular weight excluding hydrogens is 380 g/mol. The molecular formula is C23H34N4O3. The Bertz CT molecular complexity index is 807. The van der Waals surface area contributed by atoms with E-state index >= 15 is 0 Å². The van der Waals surface area contributed by atoms with Crippen LogP contribution in [-0.2, 0) is 17.9 Å². The van der Waals surface area contributed by atoms with Crippen molar-refractivity contribution in [1.82, 2.24) is 4.90 Å². The van der Waals surface area contributed by atoms with Crippen LogP contribution in [0.4, 0.5) is 5.69 Å². The van der Waals surface area contributed by atoms with E-state index < -0.39 is 0 Å². The van der Waals surface area contributed by atoms with Crippen molar-refractivity contribution in [2.75, 3.05) is 45.8 Å². The van der Waals surface area contributed by atoms with Gasteiger partial charge in [0.05, 0.1) is 20.3 Å². The van der Waals surface area contributed by atoms with Gasteiger partial charge in [-0.15, -0.1) is 0 Å². The lowest BCUT2D eigenvalue weighted by atomic mass is 10.2. The first-order chi connectivity index (χ1) is 14.6. The highest BCUT2D eigenvalue weighted by atomic mass is 16.5. The third-order valence-electron chi connectivity index (χ3n) is 4.80. The maximum absolute atomic E-state index is 6.08. The summed E-state index contributed by atoms with van der Waals surface area (Å²) in [6, 6.07) is 13.7. The SMILES string of the molecule is CCN(CC)CCOc1ccc(CN=C(N)Nc2ccccc2COC)cc1OC. The van der Waals surface area contributed by atoms with Crippen LogP contribution in [0.5, 0.6) is 11.5 Å². The molecule has 0 bridgehead atoms. The minimum atomic E-state index is 0.345. The number of nitrogens with two attached hydrogens (primary N) is 1. The van der Waals surface area contributed by atoms with E-state index in [2.05, 4.69) is 29.1 Å². The van der Waals surface area contributed by atoms with Gasteiger partial charge < -0.3 is 30.2 Å². The van der Waals surface area contributed by atoms with Crippen LogP contribution < -0.4 is 20.5 Å². The van der Waals surface area contributed by atoms with E-state index in [-0.39, 0.29) is 0 Å². The minimum Gasteiger partial charge on any atom is -0.493 e. The number of anilines is 1. The highest BCUT2D eigenvalue weighted by molar-refractivity contribution is 5.92. The predicted octanol–water partition coefficient (Wildman–Crippen LogP) is 3.49. The smallest absolute Gasteiger partial charge is 0.193 e. The van der Waals surface area contributed by atoms with Crippen molar-refractivity contribution < 1.29 is 14.2 Å². The van der Waals surface area contributed by atoms with Crippen molar-refractivity contribution >= 4 is 11.6 Å². The van der Waals surface area contributed by atoms with Crippen LogP contribution in [0.2, 0.25) is 0 Å². The lowest BCUT2D eigenvalue weighted by Gasteiger charge is -2.19. The van der Waals surface area contributed by atoms with E-state index in [4.69, 9.17) is 19.9 Å². The van der Waals surface area contributed by atoms with E-state index in [1.807, 2.05) is 42.5 Å². The topological polar surface area (TPSA) is 81.3 Å². The zero-order valence-corrected chi connectivity index (χ0v) is 18.5. The summed E-state index contributed by atoms with van der Waals surface area (Å²) in [6.07, 6.45) is 0. The Balaban J connectivity index is 1.98. The number of ether oxygens (including phenoxy) is 3. The molecule has 7 nitrogen and oxygen atoms in total. The maximum atomic E-state index is 6.08. The highest BCUT2D eigenvalue weighted by Crippen LogP contribution is 2.28. The molecule has 0 fully saturated rings. The van der Waals surface area contributed by atoms with Gasteiger partial charge in [0.25, 0.3) is 0 Å². The van der Waals surface area contributed by atoms with Crippen molar-refractivity contribution in [3.8, 4) is 11.5 Å². The van der Waals surface area contributed by atoms with Gasteiger partial charge in [0, 0.05) is 24.9 Å². The molecule has 0 atom stereocenters. The lowest BCUT2D eigenvalue weighted by Crippen LogP contribution is -2.27. The molecule has 7 heteroatoms. The Morgan fingerprint density at radius 2 is 1.83 bits per heavy atom. The Hall–Kier alpha value is -2.77. The first kappa shape index (κ1) is 23.5. The monoisotopic (exact) mass is 414 g/mol. The highest BCUT2D eigenvalue weighted by Gasteiger charge is 2.08. The number of rotatable bonds is 12. The van der Waals surface area contributed by atoms with Crippen LogP contribution in [0.3, 0.4) is 0 Å². The standard InChI is InChI=1S/C23H34N4O3/c1-5-27(6-2)13-14-30-21-12-11-18(15-22(21)29-4)16-25-23(24)26-20-10-8-7-9-19(20)17-28-3/h7-12,15H,5-6,13-14,16-17H2,1-4H3,(H3,24,25,26). The van der Waals surface area contributed by atoms with Gasteiger partial charge in [0.15, 0.2) is 17.5 Å². The zero-order chi connectivity index (χ0) is 21.8. The maximum Gasteiger partial charge on any atom is 0.193 e. The van der Waals surface area contributed by atoms with Gasteiger partial charge >= 0.3 is 0 Å². The fraction of sp³-hybridized carbons (Fsp3) is 0.435. The molecule has 2 rings (SSSR count). The van der Waals surface area contributed by atoms with Crippen molar-refractivity contribution in [2.24, 2.45) is 10.7 Å². The summed E-state index contributed by atoms with van der Waals surface area (Å²) in [5, 5.41) is 3.14. The van der Waals surface area contributed by atoms with Gasteiger partial charge in [-0.3, -0.25) is 0 Å². The lowest BCUT2D eigenvalue weighted by molar-refractivity contribution is 0.185. The Kier molecular flexibility index (Phi) is 9.97. The average molecular weight is 415 g/mol. The van der Waals surface area contributed by atoms with Crippen LogP contribution in [-0.4, -0.2) is 51.3 Å². The Labute approximate surface area is 179 Å². The molecule has 164 valence electrons. The van der Waals surface area contributed by atoms with Crippen LogP contribution in [0, 0.1) is 0 Å². The molecule has 0 spiro atoms. The van der Waals surface area contributed by atoms with Crippen molar-refractivity contribution in [3.05, 3.63) is 53.6 Å². The number of hydrogen-bond donors (Lipinski definition) is 2. The molecule has 0 radical (unpaired) electrons. The van der Waals surface area contributed by atoms with E-state index in [1.54, 1.807) is 14.2 Å². The Morgan fingerprint density at radius 1 is 1.07 bits per heavy atom. The number of likely N-dealkylation sites (N-methyl/N-ethyl adjacent to an activating group) is 1. The number of benzene rings is 2. The molecule has 30 heavy (non-hydrogen) atoms. The third-order valence-corrected chi connectivity index (χ3v) is 4.80. The summed E-state index contributed by atoms with van der Waals surface area (Å²) >= 11 is 0. The van der Waals surface area contributed by atoms with Gasteiger partial charge in [-0.1, -0.05) is 38.1 Å². The molecule has 2 aromatic rings. The summed E-state index contributed by atoms with van der Waals surface area (Å²) in [6.45, 7) is 8.76. The molecule has 0 saturated carbocycles. The second kappa shape index (κ2) is 12.7. The average Bonchev–Trinajstić information content (AvgIpc) is 2.77. The van der Waals surface area contributed by atoms with Gasteiger partial charge in [-0.05, 0) is 36.9 Å². The van der Waals surface area contributed by atoms with E-state index in [0.717, 1.165) is 42.2 Å². The summed E-state index contributed by atoms with van der Waals surface area (Å²) < 4.78 is 16.6. The normalized spacial score (nSPS) is 11.6. The van der Waals surface area contributed by atoms with Crippen LogP contribution >= 0.6 is 0 Å². The minimum absolute atomic E-state index is 0.345. The molecule has 0 heterocycles. The number of aliphatic imine (C=N–C) groups is 1. The summed E-state index contributed by atoms with van der Waals surface area (Å²) in [7, 11) is 3.31. The molecule has 0 unspecified atom stereocenters. The molecule has 3 N–H and O–H groups in total. The predicted molar refractivity (Wildman–Crippen MR) is 122 cm³/mol. The van der Waals surface area contributed by atoms with Gasteiger partial charge in [0.2, 0.25) is 0 Å². The largest absolute Gasteiger partial charge is 0.493 e. The van der Waals surface area contributed by atoms with Crippen LogP contribution in [0.15, 0.2) is 47.5 Å². The second-order valence-corrected chi connectivity index (χ2v) is 6.78. The van der Waals surface area contributed by atoms with Gasteiger partial charge in [-0.2, -0.15) is 0 Å². The first-order valence-corrected chi connectivity index (χ1v) is 10.3. The Morgan fingerprint density at radius 3 is 2.53 bits per heavy atom. The summed E-state index contributed by atoms with van der Waals surface area (Å²) in [5.74, 6) is 1.77. The number of nitrogens with zero attached hydrogens (tertiary/aromatic N) is 2. The molecule has 0 aliphatic rings. The summed E-state index contributed by atoms with van der Waals surface area (Å²) in [4.78, 5) is 6.76. The summed E-state index contributed by atoms with van der Waals surface area (Å²) in [5.41, 5.74) is 8.96. The molecule has 0 amide bonds. The number of guanidine groups is 1. The molecule has 0 saturated heterocycles. The molecule has 2 aromatic carbocycles. The third kappa shape index (κ3) is 7.24. The van der Waals surface area contributed by atoms with E-state index in [0.29, 0.717) is 31.5 Å². The van der Waals surface area contributed by atoms with Crippen molar-refractivity contribution in [3.63, 3.8) is 0 Å². The van der Waals surface area contributed by atoms with Gasteiger partial charge in [0.1, 0.15) is 6.61 Å². The number of nitrogens with one attached hydrogen (secondary N) is 1. The van der Waals surface area contributed by atoms with Gasteiger partial charge in [-0.25, -0.2) is 4.99 Å². The van der Waals surface area contributed by atoms with Crippen molar-refractivity contribution in [2.45, 2.75) is 27.0 Å². The number of para-hydroxylation sites is 1. The van der Waals surface area contributed by atoms with Crippen LogP contribution in [0.25, 0.3) is 0 Å². The molecule has 0 aromatic heterocycles.